The van der Waals surface area contributed by atoms with E-state index in [0.29, 0.717) is 12.1 Å². The van der Waals surface area contributed by atoms with Crippen LogP contribution in [0.5, 0.6) is 5.75 Å². The molecule has 2 rings (SSSR count). The van der Waals surface area contributed by atoms with Crippen molar-refractivity contribution < 1.29 is 9.47 Å². The highest BCUT2D eigenvalue weighted by molar-refractivity contribution is 5.27. The third kappa shape index (κ3) is 4.80. The molecule has 2 unspecified atom stereocenters. The van der Waals surface area contributed by atoms with Crippen LogP contribution >= 0.6 is 0 Å². The van der Waals surface area contributed by atoms with Crippen molar-refractivity contribution in [1.82, 2.24) is 5.32 Å². The molecule has 3 nitrogen and oxygen atoms in total. The zero-order valence-corrected chi connectivity index (χ0v) is 12.7. The maximum Gasteiger partial charge on any atom is 0.118 e. The second-order valence-electron chi connectivity index (χ2n) is 5.51. The Labute approximate surface area is 122 Å². The molecule has 0 amide bonds. The van der Waals surface area contributed by atoms with Crippen molar-refractivity contribution in [2.75, 3.05) is 20.3 Å². The molecular formula is C17H27NO2. The predicted octanol–water partition coefficient (Wildman–Crippen LogP) is 3.18. The van der Waals surface area contributed by atoms with Crippen molar-refractivity contribution in [2.24, 2.45) is 0 Å². The Balaban J connectivity index is 1.80. The van der Waals surface area contributed by atoms with Gasteiger partial charge in [0.2, 0.25) is 0 Å². The molecule has 1 saturated heterocycles. The number of methoxy groups -OCH3 is 1. The first-order valence-corrected chi connectivity index (χ1v) is 7.79. The summed E-state index contributed by atoms with van der Waals surface area (Å²) in [6.07, 6.45) is 6.33. The average Bonchev–Trinajstić information content (AvgIpc) is 2.98. The average molecular weight is 277 g/mol. The van der Waals surface area contributed by atoms with Crippen molar-refractivity contribution in [2.45, 2.75) is 51.2 Å². The summed E-state index contributed by atoms with van der Waals surface area (Å²) in [6.45, 7) is 4.15. The zero-order valence-electron chi connectivity index (χ0n) is 12.7. The predicted molar refractivity (Wildman–Crippen MR) is 82.4 cm³/mol. The van der Waals surface area contributed by atoms with Gasteiger partial charge in [-0.2, -0.15) is 0 Å². The smallest absolute Gasteiger partial charge is 0.118 e. The third-order valence-corrected chi connectivity index (χ3v) is 4.00. The summed E-state index contributed by atoms with van der Waals surface area (Å²) in [5.74, 6) is 0.927. The first-order chi connectivity index (χ1) is 9.81. The molecule has 0 radical (unpaired) electrons. The van der Waals surface area contributed by atoms with Crippen LogP contribution < -0.4 is 10.1 Å². The minimum absolute atomic E-state index is 0.468. The first-order valence-electron chi connectivity index (χ1n) is 7.79. The number of benzene rings is 1. The molecule has 20 heavy (non-hydrogen) atoms. The van der Waals surface area contributed by atoms with Gasteiger partial charge in [0.25, 0.3) is 0 Å². The van der Waals surface area contributed by atoms with Gasteiger partial charge in [0, 0.05) is 12.6 Å². The molecule has 1 aliphatic rings. The van der Waals surface area contributed by atoms with Gasteiger partial charge in [0.15, 0.2) is 0 Å². The van der Waals surface area contributed by atoms with Crippen molar-refractivity contribution >= 4 is 0 Å². The van der Waals surface area contributed by atoms with Gasteiger partial charge in [0.1, 0.15) is 5.75 Å². The monoisotopic (exact) mass is 277 g/mol. The van der Waals surface area contributed by atoms with Gasteiger partial charge >= 0.3 is 0 Å². The molecule has 1 aliphatic heterocycles. The number of ether oxygens (including phenoxy) is 2. The van der Waals surface area contributed by atoms with Gasteiger partial charge in [-0.25, -0.2) is 0 Å². The molecule has 112 valence electrons. The lowest BCUT2D eigenvalue weighted by Gasteiger charge is -2.21. The molecule has 0 aliphatic carbocycles. The van der Waals surface area contributed by atoms with E-state index in [1.165, 1.54) is 24.8 Å². The Kier molecular flexibility index (Phi) is 6.34. The summed E-state index contributed by atoms with van der Waals surface area (Å²) < 4.78 is 10.9. The van der Waals surface area contributed by atoms with Crippen molar-refractivity contribution in [3.8, 4) is 5.75 Å². The quantitative estimate of drug-likeness (QED) is 0.791. The molecule has 1 fully saturated rings. The van der Waals surface area contributed by atoms with Crippen LogP contribution in [0.15, 0.2) is 24.3 Å². The molecule has 0 aromatic heterocycles. The van der Waals surface area contributed by atoms with Crippen LogP contribution in [0.3, 0.4) is 0 Å². The van der Waals surface area contributed by atoms with Crippen LogP contribution in [0, 0.1) is 0 Å². The third-order valence-electron chi connectivity index (χ3n) is 4.00. The summed E-state index contributed by atoms with van der Waals surface area (Å²) in [4.78, 5) is 0. The Morgan fingerprint density at radius 1 is 1.35 bits per heavy atom. The van der Waals surface area contributed by atoms with E-state index in [0.717, 1.165) is 31.7 Å². The summed E-state index contributed by atoms with van der Waals surface area (Å²) in [7, 11) is 1.71. The number of hydrogen-bond donors (Lipinski definition) is 1. The van der Waals surface area contributed by atoms with Crippen LogP contribution in [-0.2, 0) is 11.2 Å². The van der Waals surface area contributed by atoms with Crippen LogP contribution in [0.1, 0.15) is 38.2 Å². The summed E-state index contributed by atoms with van der Waals surface area (Å²) in [5, 5.41) is 3.60. The molecular weight excluding hydrogens is 250 g/mol. The second-order valence-corrected chi connectivity index (χ2v) is 5.51. The van der Waals surface area contributed by atoms with E-state index in [4.69, 9.17) is 9.47 Å². The maximum absolute atomic E-state index is 5.76. The molecule has 0 spiro atoms. The van der Waals surface area contributed by atoms with Gasteiger partial charge in [-0.3, -0.25) is 0 Å². The normalized spacial score (nSPS) is 20.0. The highest BCUT2D eigenvalue weighted by Crippen LogP contribution is 2.20. The SMILES string of the molecule is CCNC(CCc1ccc(OC)cc1)CC1CCCO1. The van der Waals surface area contributed by atoms with Crippen LogP contribution in [-0.4, -0.2) is 32.4 Å². The van der Waals surface area contributed by atoms with Crippen molar-refractivity contribution in [1.29, 1.82) is 0 Å². The number of aryl methyl sites for hydroxylation is 1. The fourth-order valence-electron chi connectivity index (χ4n) is 2.87. The Hall–Kier alpha value is -1.06. The van der Waals surface area contributed by atoms with E-state index in [1.54, 1.807) is 7.11 Å². The van der Waals surface area contributed by atoms with E-state index >= 15 is 0 Å². The molecule has 1 heterocycles. The standard InChI is InChI=1S/C17H27NO2/c1-3-18-15(13-17-5-4-12-20-17)9-6-14-7-10-16(19-2)11-8-14/h7-8,10-11,15,17-18H,3-6,9,12-13H2,1-2H3. The molecule has 1 N–H and O–H groups in total. The van der Waals surface area contributed by atoms with Gasteiger partial charge in [-0.1, -0.05) is 19.1 Å². The van der Waals surface area contributed by atoms with E-state index in [1.807, 2.05) is 12.1 Å². The summed E-state index contributed by atoms with van der Waals surface area (Å²) in [5.41, 5.74) is 1.38. The first kappa shape index (κ1) is 15.3. The van der Waals surface area contributed by atoms with E-state index < -0.39 is 0 Å². The molecule has 2 atom stereocenters. The van der Waals surface area contributed by atoms with E-state index in [-0.39, 0.29) is 0 Å². The fraction of sp³-hybridized carbons (Fsp3) is 0.647. The lowest BCUT2D eigenvalue weighted by Crippen LogP contribution is -2.33. The van der Waals surface area contributed by atoms with Gasteiger partial charge in [-0.05, 0) is 56.3 Å². The van der Waals surface area contributed by atoms with Crippen LogP contribution in [0.25, 0.3) is 0 Å². The fourth-order valence-corrected chi connectivity index (χ4v) is 2.87. The van der Waals surface area contributed by atoms with Crippen molar-refractivity contribution in [3.05, 3.63) is 29.8 Å². The van der Waals surface area contributed by atoms with Crippen LogP contribution in [0.2, 0.25) is 0 Å². The van der Waals surface area contributed by atoms with Gasteiger partial charge < -0.3 is 14.8 Å². The van der Waals surface area contributed by atoms with E-state index in [9.17, 15) is 0 Å². The maximum atomic E-state index is 5.76. The van der Waals surface area contributed by atoms with Gasteiger partial charge in [-0.15, -0.1) is 0 Å². The van der Waals surface area contributed by atoms with Crippen molar-refractivity contribution in [3.63, 3.8) is 0 Å². The summed E-state index contributed by atoms with van der Waals surface area (Å²) in [6, 6.07) is 8.96. The van der Waals surface area contributed by atoms with E-state index in [2.05, 4.69) is 24.4 Å². The molecule has 0 bridgehead atoms. The Bertz CT molecular complexity index is 371. The number of nitrogens with one attached hydrogen (secondary N) is 1. The summed E-state index contributed by atoms with van der Waals surface area (Å²) >= 11 is 0. The number of rotatable bonds is 8. The lowest BCUT2D eigenvalue weighted by atomic mass is 9.99. The molecule has 3 heteroatoms. The minimum Gasteiger partial charge on any atom is -0.497 e. The Morgan fingerprint density at radius 3 is 2.75 bits per heavy atom. The highest BCUT2D eigenvalue weighted by Gasteiger charge is 2.20. The molecule has 1 aromatic carbocycles. The topological polar surface area (TPSA) is 30.5 Å². The highest BCUT2D eigenvalue weighted by atomic mass is 16.5. The molecule has 1 aromatic rings. The minimum atomic E-state index is 0.468. The lowest BCUT2D eigenvalue weighted by molar-refractivity contribution is 0.0938. The zero-order chi connectivity index (χ0) is 14.2. The van der Waals surface area contributed by atoms with Crippen LogP contribution in [0.4, 0.5) is 0 Å². The second kappa shape index (κ2) is 8.28. The number of hydrogen-bond acceptors (Lipinski definition) is 3. The largest absolute Gasteiger partial charge is 0.497 e. The molecule has 0 saturated carbocycles. The Morgan fingerprint density at radius 2 is 2.15 bits per heavy atom. The van der Waals surface area contributed by atoms with Gasteiger partial charge in [0.05, 0.1) is 13.2 Å².